The van der Waals surface area contributed by atoms with E-state index in [1.54, 1.807) is 6.07 Å². The lowest BCUT2D eigenvalue weighted by atomic mass is 10.1. The maximum atomic E-state index is 14.0. The van der Waals surface area contributed by atoms with E-state index in [2.05, 4.69) is 39.3 Å². The molecule has 14 heteroatoms. The number of benzene rings is 3. The van der Waals surface area contributed by atoms with E-state index in [-0.39, 0.29) is 48.6 Å². The van der Waals surface area contributed by atoms with E-state index in [0.717, 1.165) is 11.1 Å². The third-order valence-electron chi connectivity index (χ3n) is 7.84. The highest BCUT2D eigenvalue weighted by Crippen LogP contribution is 2.33. The molecule has 4 rings (SSSR count). The molecular weight excluding hydrogens is 701 g/mol. The van der Waals surface area contributed by atoms with Crippen LogP contribution in [0.3, 0.4) is 0 Å². The van der Waals surface area contributed by atoms with E-state index in [1.165, 1.54) is 16.8 Å². The third-order valence-corrected chi connectivity index (χ3v) is 11.2. The summed E-state index contributed by atoms with van der Waals surface area (Å²) in [5.41, 5.74) is 1.52. The molecule has 52 heavy (non-hydrogen) atoms. The number of hydroxylamine groups is 2. The van der Waals surface area contributed by atoms with Crippen molar-refractivity contribution in [3.63, 3.8) is 0 Å². The van der Waals surface area contributed by atoms with Crippen molar-refractivity contribution >= 4 is 45.2 Å². The molecular formula is C38H48N2O10Si2. The summed E-state index contributed by atoms with van der Waals surface area (Å²) in [6.45, 7) is 12.2. The van der Waals surface area contributed by atoms with E-state index < -0.39 is 52.9 Å². The van der Waals surface area contributed by atoms with Crippen LogP contribution in [-0.4, -0.2) is 62.3 Å². The quantitative estimate of drug-likeness (QED) is 0.0836. The van der Waals surface area contributed by atoms with E-state index in [0.29, 0.717) is 22.9 Å². The topological polar surface area (TPSA) is 143 Å². The minimum absolute atomic E-state index is 0.0180. The number of ether oxygens (including phenoxy) is 4. The lowest BCUT2D eigenvalue weighted by molar-refractivity contribution is -0.137. The third kappa shape index (κ3) is 12.4. The fourth-order valence-electron chi connectivity index (χ4n) is 4.85. The Hall–Kier alpha value is -4.93. The van der Waals surface area contributed by atoms with Crippen molar-refractivity contribution in [1.82, 2.24) is 9.63 Å². The Labute approximate surface area is 305 Å². The van der Waals surface area contributed by atoms with E-state index in [9.17, 15) is 24.3 Å². The standard InChI is InChI=1S/C38H48N2O10Si2/c1-51(2,3)19-17-46-37(44)40(38(45)47-18-20-52(4,5)6)50-27-30-23-39(24-35(41)42)32-22-34(49-26-29-15-11-8-12-16-29)33(21-31(32)36(30)43)48-25-28-13-9-7-10-14-28/h7-16,21-23H,17-20,24-27H2,1-6H3,(H,41,42). The molecule has 2 amide bonds. The van der Waals surface area contributed by atoms with Crippen LogP contribution in [0.5, 0.6) is 11.5 Å². The van der Waals surface area contributed by atoms with Crippen LogP contribution in [-0.2, 0) is 45.5 Å². The van der Waals surface area contributed by atoms with Gasteiger partial charge >= 0.3 is 18.2 Å². The Morgan fingerprint density at radius 2 is 1.19 bits per heavy atom. The number of carbonyl (C=O) groups excluding carboxylic acids is 2. The molecule has 0 aliphatic heterocycles. The number of hydrogen-bond donors (Lipinski definition) is 1. The van der Waals surface area contributed by atoms with Gasteiger partial charge in [0, 0.05) is 39.4 Å². The molecule has 12 nitrogen and oxygen atoms in total. The average Bonchev–Trinajstić information content (AvgIpc) is 3.07. The van der Waals surface area contributed by atoms with Crippen molar-refractivity contribution in [1.29, 1.82) is 0 Å². The molecule has 0 spiro atoms. The van der Waals surface area contributed by atoms with Crippen LogP contribution < -0.4 is 14.9 Å². The summed E-state index contributed by atoms with van der Waals surface area (Å²) in [6, 6.07) is 23.4. The number of amides is 2. The van der Waals surface area contributed by atoms with Gasteiger partial charge in [-0.2, -0.15) is 0 Å². The van der Waals surface area contributed by atoms with Gasteiger partial charge in [-0.25, -0.2) is 9.59 Å². The molecule has 0 saturated heterocycles. The molecule has 3 aromatic carbocycles. The number of aromatic nitrogens is 1. The molecule has 0 radical (unpaired) electrons. The van der Waals surface area contributed by atoms with E-state index >= 15 is 0 Å². The first-order valence-electron chi connectivity index (χ1n) is 17.1. The van der Waals surface area contributed by atoms with Crippen molar-refractivity contribution in [3.05, 3.63) is 106 Å². The second-order valence-electron chi connectivity index (χ2n) is 14.8. The monoisotopic (exact) mass is 748 g/mol. The van der Waals surface area contributed by atoms with Gasteiger partial charge in [0.2, 0.25) is 0 Å². The lowest BCUT2D eigenvalue weighted by Crippen LogP contribution is -2.39. The number of imide groups is 1. The first kappa shape index (κ1) is 39.9. The molecule has 0 aliphatic carbocycles. The zero-order valence-electron chi connectivity index (χ0n) is 30.7. The minimum atomic E-state index is -1.57. The number of carboxylic acids is 1. The summed E-state index contributed by atoms with van der Waals surface area (Å²) in [5, 5.41) is 10.3. The van der Waals surface area contributed by atoms with Crippen LogP contribution in [0.25, 0.3) is 10.9 Å². The predicted octanol–water partition coefficient (Wildman–Crippen LogP) is 7.93. The molecule has 0 bridgehead atoms. The first-order chi connectivity index (χ1) is 24.6. The highest BCUT2D eigenvalue weighted by molar-refractivity contribution is 6.76. The summed E-state index contributed by atoms with van der Waals surface area (Å²) in [5.74, 6) is -0.586. The summed E-state index contributed by atoms with van der Waals surface area (Å²) < 4.78 is 24.5. The van der Waals surface area contributed by atoms with Crippen LogP contribution in [0.1, 0.15) is 16.7 Å². The maximum Gasteiger partial charge on any atom is 0.444 e. The number of hydrogen-bond acceptors (Lipinski definition) is 9. The number of fused-ring (bicyclic) bond motifs is 1. The van der Waals surface area contributed by atoms with Crippen LogP contribution in [0.2, 0.25) is 51.4 Å². The van der Waals surface area contributed by atoms with Crippen molar-refractivity contribution in [2.75, 3.05) is 13.2 Å². The fraction of sp³-hybridized carbons (Fsp3) is 0.368. The SMILES string of the molecule is C[Si](C)(C)CCOC(=O)N(OCc1cn(CC(=O)O)c2cc(OCc3ccccc3)c(OCc3ccccc3)cc2c1=O)C(=O)OCC[Si](C)(C)C. The average molecular weight is 749 g/mol. The van der Waals surface area contributed by atoms with Crippen molar-refractivity contribution in [3.8, 4) is 11.5 Å². The Kier molecular flexibility index (Phi) is 13.8. The van der Waals surface area contributed by atoms with E-state index in [4.69, 9.17) is 23.8 Å². The number of carboxylic acid groups (broad SMARTS) is 1. The van der Waals surface area contributed by atoms with Gasteiger partial charge in [-0.1, -0.05) is 105 Å². The summed E-state index contributed by atoms with van der Waals surface area (Å²) in [4.78, 5) is 57.9. The summed E-state index contributed by atoms with van der Waals surface area (Å²) in [7, 11) is -3.14. The molecule has 1 aromatic heterocycles. The number of nitrogens with zero attached hydrogens (tertiary/aromatic N) is 2. The van der Waals surface area contributed by atoms with Gasteiger partial charge in [0.15, 0.2) is 16.9 Å². The van der Waals surface area contributed by atoms with Crippen molar-refractivity contribution < 1.29 is 43.3 Å². The highest BCUT2D eigenvalue weighted by atomic mass is 28.3. The van der Waals surface area contributed by atoms with Gasteiger partial charge in [-0.05, 0) is 29.3 Å². The van der Waals surface area contributed by atoms with Crippen LogP contribution in [0.15, 0.2) is 83.8 Å². The molecule has 4 aromatic rings. The molecule has 278 valence electrons. The van der Waals surface area contributed by atoms with Crippen LogP contribution in [0, 0.1) is 0 Å². The van der Waals surface area contributed by atoms with Gasteiger partial charge in [-0.3, -0.25) is 14.4 Å². The second-order valence-corrected chi connectivity index (χ2v) is 26.0. The largest absolute Gasteiger partial charge is 0.485 e. The highest BCUT2D eigenvalue weighted by Gasteiger charge is 2.29. The smallest absolute Gasteiger partial charge is 0.444 e. The minimum Gasteiger partial charge on any atom is -0.485 e. The number of rotatable bonds is 17. The Morgan fingerprint density at radius 3 is 1.65 bits per heavy atom. The molecule has 1 N–H and O–H groups in total. The zero-order valence-corrected chi connectivity index (χ0v) is 32.7. The van der Waals surface area contributed by atoms with Gasteiger partial charge in [-0.15, -0.1) is 0 Å². The van der Waals surface area contributed by atoms with Gasteiger partial charge < -0.3 is 28.6 Å². The molecule has 0 unspecified atom stereocenters. The summed E-state index contributed by atoms with van der Waals surface area (Å²) in [6.07, 6.45) is -0.811. The van der Waals surface area contributed by atoms with Gasteiger partial charge in [0.25, 0.3) is 0 Å². The molecule has 0 aliphatic rings. The Balaban J connectivity index is 1.69. The fourth-order valence-corrected chi connectivity index (χ4v) is 6.28. The van der Waals surface area contributed by atoms with Gasteiger partial charge in [0.1, 0.15) is 26.4 Å². The molecule has 0 atom stereocenters. The van der Waals surface area contributed by atoms with Crippen molar-refractivity contribution in [2.45, 2.75) is 77.7 Å². The van der Waals surface area contributed by atoms with Crippen LogP contribution >= 0.6 is 0 Å². The number of carbonyl (C=O) groups is 3. The molecule has 1 heterocycles. The molecule has 0 saturated carbocycles. The predicted molar refractivity (Wildman–Crippen MR) is 203 cm³/mol. The zero-order chi connectivity index (χ0) is 37.9. The summed E-state index contributed by atoms with van der Waals surface area (Å²) >= 11 is 0. The Bertz CT molecular complexity index is 1860. The Morgan fingerprint density at radius 1 is 0.712 bits per heavy atom. The molecule has 0 fully saturated rings. The van der Waals surface area contributed by atoms with E-state index in [1.807, 2.05) is 60.7 Å². The first-order valence-corrected chi connectivity index (χ1v) is 24.5. The van der Waals surface area contributed by atoms with Gasteiger partial charge in [0.05, 0.1) is 18.7 Å². The maximum absolute atomic E-state index is 14.0. The lowest BCUT2D eigenvalue weighted by Gasteiger charge is -2.22. The normalized spacial score (nSPS) is 11.6. The number of pyridine rings is 1. The second kappa shape index (κ2) is 18.0. The van der Waals surface area contributed by atoms with Crippen molar-refractivity contribution in [2.24, 2.45) is 0 Å². The van der Waals surface area contributed by atoms with Crippen LogP contribution in [0.4, 0.5) is 9.59 Å². The number of aliphatic carboxylic acids is 1.